The quantitative estimate of drug-likeness (QED) is 0.782. The molecule has 0 radical (unpaired) electrons. The molecule has 2 heterocycles. The second kappa shape index (κ2) is 5.91. The summed E-state index contributed by atoms with van der Waals surface area (Å²) in [5.41, 5.74) is 4.13. The van der Waals surface area contributed by atoms with Gasteiger partial charge in [0.05, 0.1) is 0 Å². The Morgan fingerprint density at radius 1 is 1.22 bits per heavy atom. The van der Waals surface area contributed by atoms with E-state index in [-0.39, 0.29) is 0 Å². The minimum atomic E-state index is 0.593. The van der Waals surface area contributed by atoms with E-state index in [1.165, 1.54) is 5.56 Å². The SMILES string of the molecule is CCc1oc2ccc(Nc3ncc(C)c(N(C)C)n3)cc2c1C. The standard InChI is InChI=1S/C18H22N4O/c1-6-15-12(3)14-9-13(7-8-16(14)23-15)20-18-19-10-11(2)17(21-18)22(4)5/h7-10H,6H2,1-5H3,(H,19,20,21). The number of furan rings is 1. The summed E-state index contributed by atoms with van der Waals surface area (Å²) in [5, 5.41) is 4.41. The molecule has 23 heavy (non-hydrogen) atoms. The summed E-state index contributed by atoms with van der Waals surface area (Å²) in [5.74, 6) is 2.55. The van der Waals surface area contributed by atoms with Gasteiger partial charge in [-0.3, -0.25) is 0 Å². The van der Waals surface area contributed by atoms with Gasteiger partial charge in [0.15, 0.2) is 0 Å². The summed E-state index contributed by atoms with van der Waals surface area (Å²) >= 11 is 0. The molecule has 0 saturated carbocycles. The number of fused-ring (bicyclic) bond motifs is 1. The average Bonchev–Trinajstić information content (AvgIpc) is 2.85. The Bertz CT molecular complexity index is 852. The van der Waals surface area contributed by atoms with Gasteiger partial charge in [0.1, 0.15) is 17.2 Å². The maximum atomic E-state index is 5.85. The fourth-order valence-electron chi connectivity index (χ4n) is 2.76. The third kappa shape index (κ3) is 2.86. The van der Waals surface area contributed by atoms with Gasteiger partial charge in [-0.15, -0.1) is 0 Å². The molecule has 5 heteroatoms. The normalized spacial score (nSPS) is 11.0. The predicted molar refractivity (Wildman–Crippen MR) is 94.7 cm³/mol. The third-order valence-electron chi connectivity index (χ3n) is 3.98. The van der Waals surface area contributed by atoms with Gasteiger partial charge in [0.25, 0.3) is 0 Å². The van der Waals surface area contributed by atoms with Gasteiger partial charge in [-0.1, -0.05) is 6.92 Å². The minimum absolute atomic E-state index is 0.593. The first-order chi connectivity index (χ1) is 11.0. The number of nitrogens with zero attached hydrogens (tertiary/aromatic N) is 3. The van der Waals surface area contributed by atoms with Gasteiger partial charge in [0.2, 0.25) is 5.95 Å². The molecule has 3 rings (SSSR count). The number of hydrogen-bond acceptors (Lipinski definition) is 5. The first-order valence-corrected chi connectivity index (χ1v) is 7.79. The van der Waals surface area contributed by atoms with Crippen LogP contribution in [0.15, 0.2) is 28.8 Å². The fourth-order valence-corrected chi connectivity index (χ4v) is 2.76. The van der Waals surface area contributed by atoms with E-state index in [9.17, 15) is 0 Å². The summed E-state index contributed by atoms with van der Waals surface area (Å²) < 4.78 is 5.85. The maximum Gasteiger partial charge on any atom is 0.229 e. The lowest BCUT2D eigenvalue weighted by Gasteiger charge is -2.15. The van der Waals surface area contributed by atoms with Crippen molar-refractivity contribution in [2.45, 2.75) is 27.2 Å². The highest BCUT2D eigenvalue weighted by Gasteiger charge is 2.11. The van der Waals surface area contributed by atoms with E-state index in [0.717, 1.165) is 40.2 Å². The van der Waals surface area contributed by atoms with Crippen molar-refractivity contribution in [1.29, 1.82) is 0 Å². The third-order valence-corrected chi connectivity index (χ3v) is 3.98. The topological polar surface area (TPSA) is 54.2 Å². The second-order valence-corrected chi connectivity index (χ2v) is 5.93. The van der Waals surface area contributed by atoms with Crippen LogP contribution in [-0.4, -0.2) is 24.1 Å². The Morgan fingerprint density at radius 2 is 2.00 bits per heavy atom. The molecular formula is C18H22N4O. The summed E-state index contributed by atoms with van der Waals surface area (Å²) in [6.45, 7) is 6.21. The molecule has 5 nitrogen and oxygen atoms in total. The predicted octanol–water partition coefficient (Wildman–Crippen LogP) is 4.21. The lowest BCUT2D eigenvalue weighted by molar-refractivity contribution is 0.553. The molecular weight excluding hydrogens is 288 g/mol. The Labute approximate surface area is 136 Å². The number of nitrogens with one attached hydrogen (secondary N) is 1. The van der Waals surface area contributed by atoms with Crippen LogP contribution in [0.25, 0.3) is 11.0 Å². The van der Waals surface area contributed by atoms with E-state index in [1.807, 2.05) is 44.2 Å². The number of anilines is 3. The van der Waals surface area contributed by atoms with Crippen molar-refractivity contribution in [1.82, 2.24) is 9.97 Å². The first kappa shape index (κ1) is 15.3. The van der Waals surface area contributed by atoms with Crippen LogP contribution in [0.5, 0.6) is 0 Å². The van der Waals surface area contributed by atoms with Gasteiger partial charge in [-0.2, -0.15) is 4.98 Å². The highest BCUT2D eigenvalue weighted by molar-refractivity contribution is 5.86. The zero-order valence-corrected chi connectivity index (χ0v) is 14.3. The monoisotopic (exact) mass is 310 g/mol. The largest absolute Gasteiger partial charge is 0.461 e. The molecule has 0 aliphatic carbocycles. The fraction of sp³-hybridized carbons (Fsp3) is 0.333. The van der Waals surface area contributed by atoms with Crippen LogP contribution in [0.4, 0.5) is 17.5 Å². The summed E-state index contributed by atoms with van der Waals surface area (Å²) in [6, 6.07) is 6.07. The van der Waals surface area contributed by atoms with Gasteiger partial charge in [0, 0.05) is 43.4 Å². The molecule has 0 aliphatic heterocycles. The molecule has 3 aromatic rings. The van der Waals surface area contributed by atoms with Crippen molar-refractivity contribution in [3.63, 3.8) is 0 Å². The van der Waals surface area contributed by atoms with E-state index < -0.39 is 0 Å². The van der Waals surface area contributed by atoms with Crippen molar-refractivity contribution in [2.75, 3.05) is 24.3 Å². The summed E-state index contributed by atoms with van der Waals surface area (Å²) in [7, 11) is 3.96. The zero-order valence-electron chi connectivity index (χ0n) is 14.3. The van der Waals surface area contributed by atoms with Crippen LogP contribution >= 0.6 is 0 Å². The lowest BCUT2D eigenvalue weighted by Crippen LogP contribution is -2.13. The molecule has 0 amide bonds. The van der Waals surface area contributed by atoms with E-state index in [1.54, 1.807) is 0 Å². The van der Waals surface area contributed by atoms with E-state index in [4.69, 9.17) is 4.42 Å². The van der Waals surface area contributed by atoms with Crippen LogP contribution in [0.3, 0.4) is 0 Å². The van der Waals surface area contributed by atoms with E-state index in [0.29, 0.717) is 5.95 Å². The van der Waals surface area contributed by atoms with Gasteiger partial charge in [-0.05, 0) is 37.6 Å². The molecule has 0 unspecified atom stereocenters. The number of hydrogen-bond donors (Lipinski definition) is 1. The second-order valence-electron chi connectivity index (χ2n) is 5.93. The Hall–Kier alpha value is -2.56. The highest BCUT2D eigenvalue weighted by Crippen LogP contribution is 2.29. The number of benzene rings is 1. The molecule has 1 aromatic carbocycles. The van der Waals surface area contributed by atoms with Crippen molar-refractivity contribution < 1.29 is 4.42 Å². The van der Waals surface area contributed by atoms with Crippen LogP contribution in [0, 0.1) is 13.8 Å². The lowest BCUT2D eigenvalue weighted by atomic mass is 10.1. The Kier molecular flexibility index (Phi) is 3.94. The molecule has 2 aromatic heterocycles. The number of aromatic nitrogens is 2. The maximum absolute atomic E-state index is 5.85. The summed E-state index contributed by atoms with van der Waals surface area (Å²) in [4.78, 5) is 10.9. The van der Waals surface area contributed by atoms with Crippen LogP contribution < -0.4 is 10.2 Å². The van der Waals surface area contributed by atoms with Crippen molar-refractivity contribution in [2.24, 2.45) is 0 Å². The minimum Gasteiger partial charge on any atom is -0.461 e. The highest BCUT2D eigenvalue weighted by atomic mass is 16.3. The molecule has 120 valence electrons. The van der Waals surface area contributed by atoms with Crippen LogP contribution in [0.2, 0.25) is 0 Å². The van der Waals surface area contributed by atoms with Crippen molar-refractivity contribution in [3.05, 3.63) is 41.3 Å². The molecule has 0 saturated heterocycles. The molecule has 0 spiro atoms. The average molecular weight is 310 g/mol. The summed E-state index contributed by atoms with van der Waals surface area (Å²) in [6.07, 6.45) is 2.73. The smallest absolute Gasteiger partial charge is 0.229 e. The van der Waals surface area contributed by atoms with Crippen LogP contribution in [-0.2, 0) is 6.42 Å². The zero-order chi connectivity index (χ0) is 16.6. The first-order valence-electron chi connectivity index (χ1n) is 7.79. The Morgan fingerprint density at radius 3 is 2.70 bits per heavy atom. The Balaban J connectivity index is 1.95. The number of aryl methyl sites for hydroxylation is 3. The molecule has 1 N–H and O–H groups in total. The van der Waals surface area contributed by atoms with Gasteiger partial charge < -0.3 is 14.6 Å². The van der Waals surface area contributed by atoms with Crippen molar-refractivity contribution in [3.8, 4) is 0 Å². The van der Waals surface area contributed by atoms with Gasteiger partial charge in [-0.25, -0.2) is 4.98 Å². The van der Waals surface area contributed by atoms with E-state index in [2.05, 4.69) is 35.2 Å². The van der Waals surface area contributed by atoms with Crippen LogP contribution in [0.1, 0.15) is 23.8 Å². The molecule has 0 fully saturated rings. The molecule has 0 bridgehead atoms. The van der Waals surface area contributed by atoms with Gasteiger partial charge >= 0.3 is 0 Å². The van der Waals surface area contributed by atoms with E-state index >= 15 is 0 Å². The molecule has 0 atom stereocenters. The van der Waals surface area contributed by atoms with Crippen molar-refractivity contribution >= 4 is 28.4 Å². The molecule has 0 aliphatic rings. The number of rotatable bonds is 4.